The molecule has 0 aromatic heterocycles. The van der Waals surface area contributed by atoms with E-state index in [1.165, 1.54) is 32.1 Å². The second-order valence-electron chi connectivity index (χ2n) is 8.37. The highest BCUT2D eigenvalue weighted by atomic mass is 16.2. The molecule has 0 radical (unpaired) electrons. The molecule has 3 aliphatic carbocycles. The Labute approximate surface area is 139 Å². The Morgan fingerprint density at radius 3 is 2.39 bits per heavy atom. The number of amides is 2. The van der Waals surface area contributed by atoms with Crippen molar-refractivity contribution in [2.45, 2.75) is 70.3 Å². The van der Waals surface area contributed by atoms with Crippen LogP contribution >= 0.6 is 0 Å². The van der Waals surface area contributed by atoms with Gasteiger partial charge in [0, 0.05) is 25.0 Å². The van der Waals surface area contributed by atoms with E-state index in [1.807, 2.05) is 4.90 Å². The van der Waals surface area contributed by atoms with Crippen LogP contribution in [0.1, 0.15) is 64.2 Å². The molecule has 4 rings (SSSR count). The summed E-state index contributed by atoms with van der Waals surface area (Å²) < 4.78 is 0. The SMILES string of the molecule is O=C(N[C@@H]1CCC[C@H](C2CC2)C1)[C@H]1CCCN(C(=O)C2CC2)C1. The molecule has 1 aliphatic heterocycles. The molecule has 0 aromatic rings. The van der Waals surface area contributed by atoms with Gasteiger partial charge < -0.3 is 10.2 Å². The van der Waals surface area contributed by atoms with Crippen molar-refractivity contribution >= 4 is 11.8 Å². The third-order valence-corrected chi connectivity index (χ3v) is 6.38. The first-order valence-electron chi connectivity index (χ1n) is 9.80. The summed E-state index contributed by atoms with van der Waals surface area (Å²) in [5.74, 6) is 2.61. The Hall–Kier alpha value is -1.06. The largest absolute Gasteiger partial charge is 0.353 e. The van der Waals surface area contributed by atoms with E-state index in [0.29, 0.717) is 18.5 Å². The first kappa shape index (κ1) is 15.5. The van der Waals surface area contributed by atoms with Gasteiger partial charge in [0.05, 0.1) is 5.92 Å². The zero-order valence-corrected chi connectivity index (χ0v) is 14.1. The van der Waals surface area contributed by atoms with Crippen LogP contribution in [0.3, 0.4) is 0 Å². The summed E-state index contributed by atoms with van der Waals surface area (Å²) in [4.78, 5) is 26.9. The standard InChI is InChI=1S/C19H30N2O2/c22-18(20-17-5-1-3-15(11-17)13-6-7-13)16-4-2-10-21(12-16)19(23)14-8-9-14/h13-17H,1-12H2,(H,20,22)/t15-,16-,17+/m0/s1. The van der Waals surface area contributed by atoms with Gasteiger partial charge in [0.2, 0.25) is 11.8 Å². The molecule has 1 heterocycles. The van der Waals surface area contributed by atoms with Crippen LogP contribution in [0, 0.1) is 23.7 Å². The van der Waals surface area contributed by atoms with E-state index < -0.39 is 0 Å². The molecule has 1 N–H and O–H groups in total. The number of hydrogen-bond acceptors (Lipinski definition) is 2. The molecule has 2 amide bonds. The van der Waals surface area contributed by atoms with Gasteiger partial charge in [-0.15, -0.1) is 0 Å². The number of likely N-dealkylation sites (tertiary alicyclic amines) is 1. The molecule has 4 aliphatic rings. The van der Waals surface area contributed by atoms with Crippen LogP contribution in [0.2, 0.25) is 0 Å². The summed E-state index contributed by atoms with van der Waals surface area (Å²) in [6, 6.07) is 0.386. The lowest BCUT2D eigenvalue weighted by atomic mass is 9.82. The van der Waals surface area contributed by atoms with E-state index >= 15 is 0 Å². The minimum absolute atomic E-state index is 0.0211. The number of carbonyl (C=O) groups excluding carboxylic acids is 2. The second-order valence-corrected chi connectivity index (χ2v) is 8.37. The van der Waals surface area contributed by atoms with E-state index in [0.717, 1.165) is 50.5 Å². The third-order valence-electron chi connectivity index (χ3n) is 6.38. The summed E-state index contributed by atoms with van der Waals surface area (Å²) >= 11 is 0. The average molecular weight is 318 g/mol. The maximum atomic E-state index is 12.7. The Kier molecular flexibility index (Phi) is 4.33. The molecule has 1 saturated heterocycles. The Balaban J connectivity index is 1.28. The van der Waals surface area contributed by atoms with E-state index in [1.54, 1.807) is 0 Å². The van der Waals surface area contributed by atoms with Crippen molar-refractivity contribution in [3.05, 3.63) is 0 Å². The van der Waals surface area contributed by atoms with Gasteiger partial charge in [-0.05, 0) is 63.2 Å². The van der Waals surface area contributed by atoms with Gasteiger partial charge in [0.1, 0.15) is 0 Å². The summed E-state index contributed by atoms with van der Waals surface area (Å²) in [5.41, 5.74) is 0. The molecule has 4 nitrogen and oxygen atoms in total. The monoisotopic (exact) mass is 318 g/mol. The molecule has 128 valence electrons. The maximum Gasteiger partial charge on any atom is 0.225 e. The Morgan fingerprint density at radius 2 is 1.65 bits per heavy atom. The lowest BCUT2D eigenvalue weighted by molar-refractivity contribution is -0.137. The minimum atomic E-state index is 0.0211. The van der Waals surface area contributed by atoms with Gasteiger partial charge >= 0.3 is 0 Å². The number of hydrogen-bond donors (Lipinski definition) is 1. The summed E-state index contributed by atoms with van der Waals surface area (Å²) in [5, 5.41) is 3.33. The fourth-order valence-electron chi connectivity index (χ4n) is 4.65. The number of nitrogens with zero attached hydrogens (tertiary/aromatic N) is 1. The zero-order valence-electron chi connectivity index (χ0n) is 14.1. The Morgan fingerprint density at radius 1 is 0.826 bits per heavy atom. The number of piperidine rings is 1. The molecule has 23 heavy (non-hydrogen) atoms. The summed E-state index contributed by atoms with van der Waals surface area (Å²) in [6.45, 7) is 1.51. The van der Waals surface area contributed by atoms with E-state index in [-0.39, 0.29) is 17.7 Å². The van der Waals surface area contributed by atoms with Gasteiger partial charge in [-0.25, -0.2) is 0 Å². The van der Waals surface area contributed by atoms with Crippen molar-refractivity contribution in [2.24, 2.45) is 23.7 Å². The Bertz CT molecular complexity index is 470. The molecule has 0 bridgehead atoms. The number of rotatable bonds is 4. The highest BCUT2D eigenvalue weighted by molar-refractivity contribution is 5.83. The predicted molar refractivity (Wildman–Crippen MR) is 88.6 cm³/mol. The highest BCUT2D eigenvalue weighted by Gasteiger charge is 2.38. The van der Waals surface area contributed by atoms with Crippen LogP contribution in [0.5, 0.6) is 0 Å². The molecular formula is C19H30N2O2. The molecule has 4 fully saturated rings. The smallest absolute Gasteiger partial charge is 0.225 e. The summed E-state index contributed by atoms with van der Waals surface area (Å²) in [7, 11) is 0. The highest BCUT2D eigenvalue weighted by Crippen LogP contribution is 2.44. The van der Waals surface area contributed by atoms with Gasteiger partial charge in [-0.3, -0.25) is 9.59 Å². The fourth-order valence-corrected chi connectivity index (χ4v) is 4.65. The van der Waals surface area contributed by atoms with Gasteiger partial charge in [0.25, 0.3) is 0 Å². The molecular weight excluding hydrogens is 288 g/mol. The van der Waals surface area contributed by atoms with Crippen molar-refractivity contribution in [2.75, 3.05) is 13.1 Å². The lowest BCUT2D eigenvalue weighted by Gasteiger charge is -2.35. The van der Waals surface area contributed by atoms with Crippen LogP contribution in [0.15, 0.2) is 0 Å². The molecule has 0 spiro atoms. The van der Waals surface area contributed by atoms with Crippen LogP contribution < -0.4 is 5.32 Å². The normalized spacial score (nSPS) is 35.0. The second kappa shape index (κ2) is 6.45. The quantitative estimate of drug-likeness (QED) is 0.866. The van der Waals surface area contributed by atoms with Gasteiger partial charge in [0.15, 0.2) is 0 Å². The number of carbonyl (C=O) groups is 2. The van der Waals surface area contributed by atoms with E-state index in [4.69, 9.17) is 0 Å². The third kappa shape index (κ3) is 3.72. The number of nitrogens with one attached hydrogen (secondary N) is 1. The average Bonchev–Trinajstić information content (AvgIpc) is 3.47. The van der Waals surface area contributed by atoms with E-state index in [2.05, 4.69) is 5.32 Å². The van der Waals surface area contributed by atoms with Crippen molar-refractivity contribution in [1.82, 2.24) is 10.2 Å². The van der Waals surface area contributed by atoms with Crippen LogP contribution in [0.4, 0.5) is 0 Å². The van der Waals surface area contributed by atoms with E-state index in [9.17, 15) is 9.59 Å². The first-order valence-corrected chi connectivity index (χ1v) is 9.80. The van der Waals surface area contributed by atoms with Crippen LogP contribution in [-0.2, 0) is 9.59 Å². The van der Waals surface area contributed by atoms with Crippen LogP contribution in [0.25, 0.3) is 0 Å². The first-order chi connectivity index (χ1) is 11.2. The maximum absolute atomic E-state index is 12.7. The van der Waals surface area contributed by atoms with Crippen molar-refractivity contribution in [3.63, 3.8) is 0 Å². The topological polar surface area (TPSA) is 49.4 Å². The molecule has 0 aromatic carbocycles. The molecule has 4 heteroatoms. The van der Waals surface area contributed by atoms with Gasteiger partial charge in [-0.1, -0.05) is 12.8 Å². The zero-order chi connectivity index (χ0) is 15.8. The fraction of sp³-hybridized carbons (Fsp3) is 0.895. The van der Waals surface area contributed by atoms with Crippen LogP contribution in [-0.4, -0.2) is 35.8 Å². The lowest BCUT2D eigenvalue weighted by Crippen LogP contribution is -2.48. The predicted octanol–water partition coefficient (Wildman–Crippen LogP) is 2.72. The molecule has 3 atom stereocenters. The van der Waals surface area contributed by atoms with Crippen molar-refractivity contribution in [1.29, 1.82) is 0 Å². The minimum Gasteiger partial charge on any atom is -0.353 e. The van der Waals surface area contributed by atoms with Gasteiger partial charge in [-0.2, -0.15) is 0 Å². The molecule has 0 unspecified atom stereocenters. The summed E-state index contributed by atoms with van der Waals surface area (Å²) in [6.07, 6.45) is 11.8. The van der Waals surface area contributed by atoms with Crippen molar-refractivity contribution in [3.8, 4) is 0 Å². The molecule has 3 saturated carbocycles. The van der Waals surface area contributed by atoms with Crippen molar-refractivity contribution < 1.29 is 9.59 Å².